The fourth-order valence-corrected chi connectivity index (χ4v) is 2.83. The number of aryl methyl sites for hydroxylation is 1. The van der Waals surface area contributed by atoms with Crippen molar-refractivity contribution in [3.8, 4) is 6.07 Å². The lowest BCUT2D eigenvalue weighted by atomic mass is 10.1. The second-order valence-electron chi connectivity index (χ2n) is 4.55. The van der Waals surface area contributed by atoms with Gasteiger partial charge < -0.3 is 0 Å². The molecule has 1 rings (SSSR count). The molecule has 1 aromatic rings. The number of hydrogen-bond donors (Lipinski definition) is 0. The van der Waals surface area contributed by atoms with E-state index in [0.717, 1.165) is 10.4 Å². The fraction of sp³-hybridized carbons (Fsp3) is 0.417. The van der Waals surface area contributed by atoms with E-state index in [1.54, 1.807) is 0 Å². The zero-order valence-corrected chi connectivity index (χ0v) is 11.5. The van der Waals surface area contributed by atoms with Crippen LogP contribution in [0.1, 0.15) is 19.4 Å². The van der Waals surface area contributed by atoms with Gasteiger partial charge in [0.15, 0.2) is 0 Å². The first-order valence-corrected chi connectivity index (χ1v) is 6.73. The molecule has 0 spiro atoms. The van der Waals surface area contributed by atoms with E-state index in [9.17, 15) is 12.8 Å². The minimum absolute atomic E-state index is 0.0211. The van der Waals surface area contributed by atoms with Gasteiger partial charge in [-0.05, 0) is 44.5 Å². The number of halogens is 1. The number of nitrogens with zero attached hydrogens (tertiary/aromatic N) is 2. The topological polar surface area (TPSA) is 61.2 Å². The molecule has 98 valence electrons. The molecule has 0 unspecified atom stereocenters. The maximum atomic E-state index is 13.1. The van der Waals surface area contributed by atoms with E-state index in [-0.39, 0.29) is 10.5 Å². The van der Waals surface area contributed by atoms with Gasteiger partial charge in [-0.15, -0.1) is 0 Å². The van der Waals surface area contributed by atoms with E-state index >= 15 is 0 Å². The van der Waals surface area contributed by atoms with Crippen molar-refractivity contribution < 1.29 is 12.8 Å². The minimum Gasteiger partial charge on any atom is -0.207 e. The molecule has 18 heavy (non-hydrogen) atoms. The number of rotatable bonds is 3. The number of nitriles is 1. The molecular weight excluding hydrogens is 255 g/mol. The molecule has 6 heteroatoms. The Morgan fingerprint density at radius 3 is 2.39 bits per heavy atom. The maximum Gasteiger partial charge on any atom is 0.244 e. The highest BCUT2D eigenvalue weighted by Crippen LogP contribution is 2.23. The van der Waals surface area contributed by atoms with Crippen LogP contribution in [0.2, 0.25) is 0 Å². The van der Waals surface area contributed by atoms with Crippen molar-refractivity contribution in [3.63, 3.8) is 0 Å². The molecule has 0 fully saturated rings. The molecule has 4 nitrogen and oxygen atoms in total. The summed E-state index contributed by atoms with van der Waals surface area (Å²) in [6.45, 7) is 4.49. The Morgan fingerprint density at radius 2 is 1.94 bits per heavy atom. The second-order valence-corrected chi connectivity index (χ2v) is 6.52. The Hall–Kier alpha value is -1.45. The van der Waals surface area contributed by atoms with Crippen LogP contribution in [0.5, 0.6) is 0 Å². The van der Waals surface area contributed by atoms with Crippen molar-refractivity contribution in [1.82, 2.24) is 4.31 Å². The molecular formula is C12H15FN2O2S. The van der Waals surface area contributed by atoms with E-state index in [1.807, 2.05) is 6.07 Å². The monoisotopic (exact) mass is 270 g/mol. The minimum atomic E-state index is -3.80. The maximum absolute atomic E-state index is 13.1. The summed E-state index contributed by atoms with van der Waals surface area (Å²) in [6, 6.07) is 5.48. The van der Waals surface area contributed by atoms with Crippen molar-refractivity contribution in [2.45, 2.75) is 31.2 Å². The summed E-state index contributed by atoms with van der Waals surface area (Å²) in [5, 5.41) is 8.96. The molecule has 0 N–H and O–H groups in total. The first-order chi connectivity index (χ1) is 8.13. The zero-order valence-electron chi connectivity index (χ0n) is 10.7. The SMILES string of the molecule is Cc1cc(S(=O)(=O)N(C)C(C)(C)C#N)ccc1F. The molecule has 0 aliphatic heterocycles. The summed E-state index contributed by atoms with van der Waals surface area (Å²) >= 11 is 0. The molecule has 0 saturated carbocycles. The largest absolute Gasteiger partial charge is 0.244 e. The van der Waals surface area contributed by atoms with Gasteiger partial charge in [0.05, 0.1) is 11.0 Å². The molecule has 0 saturated heterocycles. The van der Waals surface area contributed by atoms with Gasteiger partial charge in [-0.3, -0.25) is 0 Å². The smallest absolute Gasteiger partial charge is 0.207 e. The van der Waals surface area contributed by atoms with E-state index in [1.165, 1.54) is 40.0 Å². The van der Waals surface area contributed by atoms with Crippen LogP contribution in [-0.2, 0) is 10.0 Å². The van der Waals surface area contributed by atoms with Gasteiger partial charge in [-0.25, -0.2) is 12.8 Å². The van der Waals surface area contributed by atoms with Gasteiger partial charge in [0.1, 0.15) is 11.4 Å². The molecule has 0 atom stereocenters. The summed E-state index contributed by atoms with van der Waals surface area (Å²) in [7, 11) is -2.47. The Bertz CT molecular complexity index is 603. The Labute approximate surface area is 107 Å². The predicted molar refractivity (Wildman–Crippen MR) is 65.8 cm³/mol. The Kier molecular flexibility index (Phi) is 3.79. The quantitative estimate of drug-likeness (QED) is 0.844. The summed E-state index contributed by atoms with van der Waals surface area (Å²) in [6.07, 6.45) is 0. The highest BCUT2D eigenvalue weighted by atomic mass is 32.2. The summed E-state index contributed by atoms with van der Waals surface area (Å²) < 4.78 is 38.6. The zero-order chi connectivity index (χ0) is 14.1. The van der Waals surface area contributed by atoms with Gasteiger partial charge in [0.25, 0.3) is 0 Å². The van der Waals surface area contributed by atoms with Crippen molar-refractivity contribution in [2.75, 3.05) is 7.05 Å². The molecule has 0 radical (unpaired) electrons. The van der Waals surface area contributed by atoms with Crippen LogP contribution in [-0.4, -0.2) is 25.3 Å². The van der Waals surface area contributed by atoms with Crippen LogP contribution in [0, 0.1) is 24.1 Å². The molecule has 0 amide bonds. The van der Waals surface area contributed by atoms with Gasteiger partial charge in [-0.2, -0.15) is 9.57 Å². The lowest BCUT2D eigenvalue weighted by molar-refractivity contribution is 0.337. The van der Waals surface area contributed by atoms with Gasteiger partial charge in [0, 0.05) is 7.05 Å². The average Bonchev–Trinajstić information content (AvgIpc) is 2.31. The van der Waals surface area contributed by atoms with Crippen LogP contribution in [0.3, 0.4) is 0 Å². The standard InChI is InChI=1S/C12H15FN2O2S/c1-9-7-10(5-6-11(9)13)18(16,17)15(4)12(2,3)8-14/h5-7H,1-4H3. The van der Waals surface area contributed by atoms with Crippen LogP contribution in [0.15, 0.2) is 23.1 Å². The molecule has 0 heterocycles. The second kappa shape index (κ2) is 4.67. The van der Waals surface area contributed by atoms with Crippen molar-refractivity contribution in [3.05, 3.63) is 29.6 Å². The molecule has 0 aromatic heterocycles. The number of sulfonamides is 1. The highest BCUT2D eigenvalue weighted by Gasteiger charge is 2.34. The molecule has 0 bridgehead atoms. The predicted octanol–water partition coefficient (Wildman–Crippen LogP) is 2.06. The molecule has 1 aromatic carbocycles. The van der Waals surface area contributed by atoms with Crippen molar-refractivity contribution in [2.24, 2.45) is 0 Å². The van der Waals surface area contributed by atoms with Crippen LogP contribution < -0.4 is 0 Å². The lowest BCUT2D eigenvalue weighted by Gasteiger charge is -2.28. The van der Waals surface area contributed by atoms with E-state index < -0.39 is 21.4 Å². The van der Waals surface area contributed by atoms with E-state index in [4.69, 9.17) is 5.26 Å². The summed E-state index contributed by atoms with van der Waals surface area (Å²) in [4.78, 5) is -0.0211. The van der Waals surface area contributed by atoms with E-state index in [0.29, 0.717) is 0 Å². The summed E-state index contributed by atoms with van der Waals surface area (Å²) in [5.74, 6) is -0.462. The number of hydrogen-bond acceptors (Lipinski definition) is 3. The van der Waals surface area contributed by atoms with Crippen molar-refractivity contribution >= 4 is 10.0 Å². The fourth-order valence-electron chi connectivity index (χ4n) is 1.31. The summed E-state index contributed by atoms with van der Waals surface area (Å²) in [5.41, 5.74) is -0.916. The molecule has 0 aliphatic rings. The highest BCUT2D eigenvalue weighted by molar-refractivity contribution is 7.89. The van der Waals surface area contributed by atoms with Crippen LogP contribution >= 0.6 is 0 Å². The third-order valence-corrected chi connectivity index (χ3v) is 4.88. The Morgan fingerprint density at radius 1 is 1.39 bits per heavy atom. The van der Waals surface area contributed by atoms with Gasteiger partial charge in [0.2, 0.25) is 10.0 Å². The number of benzene rings is 1. The first kappa shape index (κ1) is 14.6. The van der Waals surface area contributed by atoms with Gasteiger partial charge >= 0.3 is 0 Å². The third-order valence-electron chi connectivity index (χ3n) is 2.85. The van der Waals surface area contributed by atoms with Crippen LogP contribution in [0.25, 0.3) is 0 Å². The van der Waals surface area contributed by atoms with Crippen LogP contribution in [0.4, 0.5) is 4.39 Å². The normalized spacial score (nSPS) is 12.5. The average molecular weight is 270 g/mol. The lowest BCUT2D eigenvalue weighted by Crippen LogP contribution is -2.43. The van der Waals surface area contributed by atoms with Crippen molar-refractivity contribution in [1.29, 1.82) is 5.26 Å². The first-order valence-electron chi connectivity index (χ1n) is 5.29. The van der Waals surface area contributed by atoms with Gasteiger partial charge in [-0.1, -0.05) is 0 Å². The third kappa shape index (κ3) is 2.52. The van der Waals surface area contributed by atoms with E-state index in [2.05, 4.69) is 0 Å². The Balaban J connectivity index is 3.31. The molecule has 0 aliphatic carbocycles.